The molecule has 5 heteroatoms. The molecular formula is C17H17ClN2O2. The molecule has 0 saturated carbocycles. The number of nitrogens with one attached hydrogen (secondary N) is 1. The van der Waals surface area contributed by atoms with Crippen LogP contribution in [0.1, 0.15) is 21.5 Å². The largest absolute Gasteiger partial charge is 0.368 e. The van der Waals surface area contributed by atoms with E-state index in [0.717, 1.165) is 11.1 Å². The molecule has 4 nitrogen and oxygen atoms in total. The predicted octanol–water partition coefficient (Wildman–Crippen LogP) is 2.47. The van der Waals surface area contributed by atoms with Gasteiger partial charge >= 0.3 is 0 Å². The highest BCUT2D eigenvalue weighted by Crippen LogP contribution is 2.15. The zero-order valence-electron chi connectivity index (χ0n) is 12.2. The molecule has 114 valence electrons. The summed E-state index contributed by atoms with van der Waals surface area (Å²) in [6, 6.07) is 13.5. The second-order valence-electron chi connectivity index (χ2n) is 5.04. The number of nitrogens with two attached hydrogens (primary N) is 1. The Morgan fingerprint density at radius 1 is 1.14 bits per heavy atom. The van der Waals surface area contributed by atoms with Crippen LogP contribution in [0, 0.1) is 6.92 Å². The Morgan fingerprint density at radius 2 is 1.77 bits per heavy atom. The highest BCUT2D eigenvalue weighted by atomic mass is 35.5. The van der Waals surface area contributed by atoms with Crippen LogP contribution in [-0.2, 0) is 11.2 Å². The maximum atomic E-state index is 12.3. The van der Waals surface area contributed by atoms with E-state index in [1.165, 1.54) is 0 Å². The first-order valence-electron chi connectivity index (χ1n) is 6.88. The lowest BCUT2D eigenvalue weighted by molar-refractivity contribution is -0.119. The Morgan fingerprint density at radius 3 is 2.41 bits per heavy atom. The molecule has 0 heterocycles. The third kappa shape index (κ3) is 3.86. The van der Waals surface area contributed by atoms with Crippen LogP contribution in [0.5, 0.6) is 0 Å². The van der Waals surface area contributed by atoms with Crippen LogP contribution in [-0.4, -0.2) is 17.9 Å². The molecule has 0 saturated heterocycles. The number of hydrogen-bond acceptors (Lipinski definition) is 2. The van der Waals surface area contributed by atoms with Crippen LogP contribution in [0.15, 0.2) is 48.5 Å². The van der Waals surface area contributed by atoms with E-state index in [-0.39, 0.29) is 0 Å². The lowest BCUT2D eigenvalue weighted by Gasteiger charge is -2.17. The fourth-order valence-electron chi connectivity index (χ4n) is 2.16. The van der Waals surface area contributed by atoms with Gasteiger partial charge in [0.2, 0.25) is 5.91 Å². The quantitative estimate of drug-likeness (QED) is 0.889. The first-order valence-corrected chi connectivity index (χ1v) is 7.26. The van der Waals surface area contributed by atoms with Gasteiger partial charge in [-0.3, -0.25) is 9.59 Å². The van der Waals surface area contributed by atoms with E-state index in [9.17, 15) is 9.59 Å². The zero-order valence-corrected chi connectivity index (χ0v) is 12.9. The first kappa shape index (κ1) is 16.0. The summed E-state index contributed by atoms with van der Waals surface area (Å²) in [4.78, 5) is 23.9. The minimum atomic E-state index is -0.787. The van der Waals surface area contributed by atoms with E-state index in [1.807, 2.05) is 31.2 Å². The van der Waals surface area contributed by atoms with Gasteiger partial charge in [-0.05, 0) is 30.2 Å². The van der Waals surface area contributed by atoms with Crippen molar-refractivity contribution >= 4 is 23.4 Å². The SMILES string of the molecule is Cc1ccccc1C[C@@H](NC(=O)c1ccccc1Cl)C(N)=O. The average Bonchev–Trinajstić information content (AvgIpc) is 2.49. The smallest absolute Gasteiger partial charge is 0.253 e. The molecule has 2 amide bonds. The average molecular weight is 317 g/mol. The number of carbonyl (C=O) groups excluding carboxylic acids is 2. The minimum Gasteiger partial charge on any atom is -0.368 e. The van der Waals surface area contributed by atoms with E-state index in [0.29, 0.717) is 17.0 Å². The van der Waals surface area contributed by atoms with Gasteiger partial charge in [0.05, 0.1) is 10.6 Å². The van der Waals surface area contributed by atoms with Crippen molar-refractivity contribution in [2.24, 2.45) is 5.73 Å². The van der Waals surface area contributed by atoms with Gasteiger partial charge in [0.15, 0.2) is 0 Å². The second kappa shape index (κ2) is 7.09. The highest BCUT2D eigenvalue weighted by Gasteiger charge is 2.21. The second-order valence-corrected chi connectivity index (χ2v) is 5.45. The van der Waals surface area contributed by atoms with Gasteiger partial charge in [-0.15, -0.1) is 0 Å². The van der Waals surface area contributed by atoms with Crippen molar-refractivity contribution in [3.05, 3.63) is 70.2 Å². The number of amides is 2. The Balaban J connectivity index is 2.16. The first-order chi connectivity index (χ1) is 10.5. The molecule has 0 bridgehead atoms. The topological polar surface area (TPSA) is 72.2 Å². The normalized spacial score (nSPS) is 11.7. The van der Waals surface area contributed by atoms with Gasteiger partial charge in [-0.25, -0.2) is 0 Å². The molecule has 0 radical (unpaired) electrons. The molecule has 0 aromatic heterocycles. The van der Waals surface area contributed by atoms with Crippen molar-refractivity contribution in [1.29, 1.82) is 0 Å². The molecule has 0 aliphatic heterocycles. The third-order valence-electron chi connectivity index (χ3n) is 3.45. The van der Waals surface area contributed by atoms with Crippen LogP contribution in [0.25, 0.3) is 0 Å². The van der Waals surface area contributed by atoms with Crippen molar-refractivity contribution in [3.8, 4) is 0 Å². The molecule has 0 aliphatic rings. The van der Waals surface area contributed by atoms with E-state index < -0.39 is 17.9 Å². The summed E-state index contributed by atoms with van der Waals surface area (Å²) in [6.07, 6.45) is 0.345. The molecule has 0 aliphatic carbocycles. The lowest BCUT2D eigenvalue weighted by atomic mass is 10.0. The highest BCUT2D eigenvalue weighted by molar-refractivity contribution is 6.33. The summed E-state index contributed by atoms with van der Waals surface area (Å²) in [6.45, 7) is 1.95. The number of aryl methyl sites for hydroxylation is 1. The van der Waals surface area contributed by atoms with E-state index in [4.69, 9.17) is 17.3 Å². The molecule has 2 rings (SSSR count). The van der Waals surface area contributed by atoms with Crippen molar-refractivity contribution in [2.45, 2.75) is 19.4 Å². The van der Waals surface area contributed by atoms with Crippen molar-refractivity contribution in [3.63, 3.8) is 0 Å². The van der Waals surface area contributed by atoms with Gasteiger partial charge in [-0.1, -0.05) is 48.0 Å². The van der Waals surface area contributed by atoms with Crippen molar-refractivity contribution in [1.82, 2.24) is 5.32 Å². The van der Waals surface area contributed by atoms with Crippen LogP contribution in [0.4, 0.5) is 0 Å². The Kier molecular flexibility index (Phi) is 5.17. The van der Waals surface area contributed by atoms with Crippen LogP contribution >= 0.6 is 11.6 Å². The van der Waals surface area contributed by atoms with E-state index >= 15 is 0 Å². The third-order valence-corrected chi connectivity index (χ3v) is 3.78. The van der Waals surface area contributed by atoms with Crippen LogP contribution in [0.3, 0.4) is 0 Å². The zero-order chi connectivity index (χ0) is 16.1. The maximum Gasteiger partial charge on any atom is 0.253 e. The molecular weight excluding hydrogens is 300 g/mol. The molecule has 2 aromatic rings. The van der Waals surface area contributed by atoms with E-state index in [1.54, 1.807) is 24.3 Å². The number of carbonyl (C=O) groups is 2. The Bertz CT molecular complexity index is 701. The molecule has 0 fully saturated rings. The number of halogens is 1. The number of primary amides is 1. The fraction of sp³-hybridized carbons (Fsp3) is 0.176. The van der Waals surface area contributed by atoms with Gasteiger partial charge in [-0.2, -0.15) is 0 Å². The summed E-state index contributed by atoms with van der Waals surface area (Å²) in [5.74, 6) is -0.994. The van der Waals surface area contributed by atoms with Gasteiger partial charge < -0.3 is 11.1 Å². The minimum absolute atomic E-state index is 0.320. The Hall–Kier alpha value is -2.33. The number of benzene rings is 2. The van der Waals surface area contributed by atoms with Gasteiger partial charge in [0.1, 0.15) is 6.04 Å². The fourth-order valence-corrected chi connectivity index (χ4v) is 2.38. The summed E-state index contributed by atoms with van der Waals surface area (Å²) < 4.78 is 0. The van der Waals surface area contributed by atoms with Crippen molar-refractivity contribution in [2.75, 3.05) is 0 Å². The standard InChI is InChI=1S/C17H17ClN2O2/c1-11-6-2-3-7-12(11)10-15(16(19)21)20-17(22)13-8-4-5-9-14(13)18/h2-9,15H,10H2,1H3,(H2,19,21)(H,20,22)/t15-/m1/s1. The number of hydrogen-bond donors (Lipinski definition) is 2. The van der Waals surface area contributed by atoms with Gasteiger partial charge in [0, 0.05) is 6.42 Å². The van der Waals surface area contributed by atoms with Crippen molar-refractivity contribution < 1.29 is 9.59 Å². The molecule has 1 atom stereocenters. The summed E-state index contributed by atoms with van der Waals surface area (Å²) in [5.41, 5.74) is 7.74. The molecule has 3 N–H and O–H groups in total. The molecule has 2 aromatic carbocycles. The monoisotopic (exact) mass is 316 g/mol. The van der Waals surface area contributed by atoms with Gasteiger partial charge in [0.25, 0.3) is 5.91 Å². The van der Waals surface area contributed by atoms with Crippen LogP contribution < -0.4 is 11.1 Å². The summed E-state index contributed by atoms with van der Waals surface area (Å²) >= 11 is 5.99. The summed E-state index contributed by atoms with van der Waals surface area (Å²) in [5, 5.41) is 2.98. The predicted molar refractivity (Wildman–Crippen MR) is 86.8 cm³/mol. The maximum absolute atomic E-state index is 12.3. The lowest BCUT2D eigenvalue weighted by Crippen LogP contribution is -2.46. The Labute approximate surface area is 134 Å². The molecule has 0 unspecified atom stereocenters. The van der Waals surface area contributed by atoms with E-state index in [2.05, 4.69) is 5.32 Å². The number of rotatable bonds is 5. The molecule has 22 heavy (non-hydrogen) atoms. The molecule has 0 spiro atoms. The van der Waals surface area contributed by atoms with Crippen LogP contribution in [0.2, 0.25) is 5.02 Å². The summed E-state index contributed by atoms with van der Waals surface area (Å²) in [7, 11) is 0.